The predicted octanol–water partition coefficient (Wildman–Crippen LogP) is 2.11. The van der Waals surface area contributed by atoms with Gasteiger partial charge in [-0.05, 0) is 29.3 Å². The van der Waals surface area contributed by atoms with Crippen LogP contribution in [0.5, 0.6) is 0 Å². The molecule has 0 saturated heterocycles. The molecule has 3 nitrogen and oxygen atoms in total. The van der Waals surface area contributed by atoms with Gasteiger partial charge in [0.2, 0.25) is 0 Å². The smallest absolute Gasteiger partial charge is 0.252 e. The van der Waals surface area contributed by atoms with Crippen LogP contribution in [0.25, 0.3) is 6.08 Å². The highest BCUT2D eigenvalue weighted by Gasteiger charge is 2.14. The first-order valence-corrected chi connectivity index (χ1v) is 6.29. The van der Waals surface area contributed by atoms with Crippen LogP contribution in [0.3, 0.4) is 0 Å². The predicted molar refractivity (Wildman–Crippen MR) is 59.8 cm³/mol. The molecule has 0 atom stereocenters. The van der Waals surface area contributed by atoms with E-state index in [2.05, 4.69) is 6.58 Å². The number of rotatable bonds is 3. The topological polar surface area (TPSA) is 51.2 Å². The van der Waals surface area contributed by atoms with Crippen molar-refractivity contribution < 1.29 is 13.2 Å². The zero-order valence-electron chi connectivity index (χ0n) is 8.03. The molecule has 0 heterocycles. The van der Waals surface area contributed by atoms with Gasteiger partial charge < -0.3 is 0 Å². The molecular formula is C10H9ClO3S. The van der Waals surface area contributed by atoms with Gasteiger partial charge in [-0.25, -0.2) is 8.42 Å². The van der Waals surface area contributed by atoms with Gasteiger partial charge in [0.25, 0.3) is 5.24 Å². The molecule has 0 saturated carbocycles. The summed E-state index contributed by atoms with van der Waals surface area (Å²) < 4.78 is 22.8. The van der Waals surface area contributed by atoms with Gasteiger partial charge in [0.1, 0.15) is 0 Å². The molecule has 5 heteroatoms. The van der Waals surface area contributed by atoms with Crippen LogP contribution in [0.1, 0.15) is 15.9 Å². The Labute approximate surface area is 93.3 Å². The highest BCUT2D eigenvalue weighted by Crippen LogP contribution is 2.19. The summed E-state index contributed by atoms with van der Waals surface area (Å²) in [5, 5.41) is -0.685. The van der Waals surface area contributed by atoms with Crippen molar-refractivity contribution in [1.82, 2.24) is 0 Å². The van der Waals surface area contributed by atoms with E-state index in [1.807, 2.05) is 0 Å². The molecule has 1 aromatic rings. The molecule has 0 aliphatic heterocycles. The Morgan fingerprint density at radius 1 is 1.47 bits per heavy atom. The molecule has 80 valence electrons. The maximum absolute atomic E-state index is 11.4. The molecule has 0 unspecified atom stereocenters. The van der Waals surface area contributed by atoms with Gasteiger partial charge in [0.05, 0.1) is 4.90 Å². The van der Waals surface area contributed by atoms with Crippen molar-refractivity contribution in [3.63, 3.8) is 0 Å². The van der Waals surface area contributed by atoms with Crippen LogP contribution in [0.2, 0.25) is 0 Å². The van der Waals surface area contributed by atoms with Crippen LogP contribution in [-0.2, 0) is 9.84 Å². The van der Waals surface area contributed by atoms with E-state index in [1.165, 1.54) is 24.3 Å². The third-order valence-electron chi connectivity index (χ3n) is 1.86. The SMILES string of the molecule is C=Cc1ccc(C(=O)Cl)cc1S(C)(=O)=O. The van der Waals surface area contributed by atoms with Crippen LogP contribution in [0.4, 0.5) is 0 Å². The van der Waals surface area contributed by atoms with E-state index in [-0.39, 0.29) is 10.5 Å². The molecule has 0 fully saturated rings. The molecular weight excluding hydrogens is 236 g/mol. The molecule has 15 heavy (non-hydrogen) atoms. The van der Waals surface area contributed by atoms with Crippen LogP contribution in [-0.4, -0.2) is 19.9 Å². The number of halogens is 1. The number of hydrogen-bond acceptors (Lipinski definition) is 3. The summed E-state index contributed by atoms with van der Waals surface area (Å²) in [4.78, 5) is 10.9. The summed E-state index contributed by atoms with van der Waals surface area (Å²) in [7, 11) is -3.38. The first-order valence-electron chi connectivity index (χ1n) is 4.02. The maximum atomic E-state index is 11.4. The highest BCUT2D eigenvalue weighted by atomic mass is 35.5. The fourth-order valence-corrected chi connectivity index (χ4v) is 2.18. The fourth-order valence-electron chi connectivity index (χ4n) is 1.15. The van der Waals surface area contributed by atoms with Gasteiger partial charge in [-0.1, -0.05) is 18.7 Å². The monoisotopic (exact) mass is 244 g/mol. The number of carbonyl (C=O) groups is 1. The van der Waals surface area contributed by atoms with Gasteiger partial charge in [0.15, 0.2) is 9.84 Å². The number of sulfone groups is 1. The van der Waals surface area contributed by atoms with Gasteiger partial charge in [-0.2, -0.15) is 0 Å². The summed E-state index contributed by atoms with van der Waals surface area (Å²) in [5.74, 6) is 0. The lowest BCUT2D eigenvalue weighted by atomic mass is 10.1. The Kier molecular flexibility index (Phi) is 3.31. The molecule has 0 bridgehead atoms. The summed E-state index contributed by atoms with van der Waals surface area (Å²) in [6.45, 7) is 3.50. The van der Waals surface area contributed by atoms with E-state index in [4.69, 9.17) is 11.6 Å². The Hall–Kier alpha value is -1.13. The van der Waals surface area contributed by atoms with Crippen molar-refractivity contribution in [2.24, 2.45) is 0 Å². The van der Waals surface area contributed by atoms with Crippen LogP contribution in [0.15, 0.2) is 29.7 Å². The summed E-state index contributed by atoms with van der Waals surface area (Å²) in [6.07, 6.45) is 2.48. The molecule has 0 aromatic heterocycles. The highest BCUT2D eigenvalue weighted by molar-refractivity contribution is 7.90. The van der Waals surface area contributed by atoms with Crippen molar-refractivity contribution in [3.8, 4) is 0 Å². The molecule has 0 amide bonds. The zero-order valence-corrected chi connectivity index (χ0v) is 9.60. The number of carbonyl (C=O) groups excluding carboxylic acids is 1. The van der Waals surface area contributed by atoms with E-state index in [0.717, 1.165) is 6.26 Å². The van der Waals surface area contributed by atoms with Crippen molar-refractivity contribution in [2.45, 2.75) is 4.90 Å². The molecule has 1 aromatic carbocycles. The van der Waals surface area contributed by atoms with Crippen LogP contribution < -0.4 is 0 Å². The molecule has 0 aliphatic carbocycles. The van der Waals surface area contributed by atoms with Gasteiger partial charge in [-0.3, -0.25) is 4.79 Å². The molecule has 0 N–H and O–H groups in total. The zero-order chi connectivity index (χ0) is 11.6. The Morgan fingerprint density at radius 2 is 2.07 bits per heavy atom. The minimum absolute atomic E-state index is 0.0593. The van der Waals surface area contributed by atoms with Crippen LogP contribution in [0, 0.1) is 0 Å². The van der Waals surface area contributed by atoms with Crippen molar-refractivity contribution in [3.05, 3.63) is 35.9 Å². The minimum atomic E-state index is -3.38. The summed E-state index contributed by atoms with van der Waals surface area (Å²) in [6, 6.07) is 4.21. The first-order chi connectivity index (χ1) is 6.86. The van der Waals surface area contributed by atoms with Crippen molar-refractivity contribution in [1.29, 1.82) is 0 Å². The van der Waals surface area contributed by atoms with Gasteiger partial charge in [0, 0.05) is 11.8 Å². The summed E-state index contributed by atoms with van der Waals surface area (Å²) >= 11 is 5.26. The largest absolute Gasteiger partial charge is 0.276 e. The van der Waals surface area contributed by atoms with E-state index in [0.29, 0.717) is 5.56 Å². The fraction of sp³-hybridized carbons (Fsp3) is 0.100. The normalized spacial score (nSPS) is 11.1. The van der Waals surface area contributed by atoms with E-state index < -0.39 is 15.1 Å². The second-order valence-corrected chi connectivity index (χ2v) is 5.33. The van der Waals surface area contributed by atoms with Crippen molar-refractivity contribution >= 4 is 32.8 Å². The van der Waals surface area contributed by atoms with Crippen molar-refractivity contribution in [2.75, 3.05) is 6.26 Å². The van der Waals surface area contributed by atoms with Crippen LogP contribution >= 0.6 is 11.6 Å². The minimum Gasteiger partial charge on any atom is -0.276 e. The number of hydrogen-bond donors (Lipinski definition) is 0. The molecule has 1 rings (SSSR count). The maximum Gasteiger partial charge on any atom is 0.252 e. The molecule has 0 radical (unpaired) electrons. The Morgan fingerprint density at radius 3 is 2.47 bits per heavy atom. The average molecular weight is 245 g/mol. The van der Waals surface area contributed by atoms with E-state index in [9.17, 15) is 13.2 Å². The lowest BCUT2D eigenvalue weighted by molar-refractivity contribution is 0.108. The van der Waals surface area contributed by atoms with Gasteiger partial charge in [-0.15, -0.1) is 0 Å². The first kappa shape index (κ1) is 11.9. The summed E-state index contributed by atoms with van der Waals surface area (Å²) in [5.41, 5.74) is 0.613. The number of benzene rings is 1. The average Bonchev–Trinajstić information content (AvgIpc) is 2.15. The Bertz CT molecular complexity index is 517. The van der Waals surface area contributed by atoms with Gasteiger partial charge >= 0.3 is 0 Å². The lowest BCUT2D eigenvalue weighted by Crippen LogP contribution is -2.02. The Balaban J connectivity index is 3.52. The lowest BCUT2D eigenvalue weighted by Gasteiger charge is -2.04. The van der Waals surface area contributed by atoms with E-state index >= 15 is 0 Å². The third-order valence-corrected chi connectivity index (χ3v) is 3.23. The second-order valence-electron chi connectivity index (χ2n) is 3.00. The third kappa shape index (κ3) is 2.67. The van der Waals surface area contributed by atoms with E-state index in [1.54, 1.807) is 0 Å². The standard InChI is InChI=1S/C10H9ClO3S/c1-3-7-4-5-8(10(11)12)6-9(7)15(2,13)14/h3-6H,1H2,2H3. The molecule has 0 spiro atoms. The molecule has 0 aliphatic rings. The quantitative estimate of drug-likeness (QED) is 0.766. The second kappa shape index (κ2) is 4.16.